The standard InChI is InChI=1S/C25H17ClN4O4/c26-18-7-11-19(12-8-18)29-24(31)22(27-25(29)32)13-17-15-28(23-4-2-1-3-21(17)23)14-16-5-9-20(10-6-16)30(33)34/h1-13,15H,14H2,(H,27,32)/b22-13+. The molecule has 1 aliphatic heterocycles. The van der Waals surface area contributed by atoms with Crippen molar-refractivity contribution in [3.63, 3.8) is 0 Å². The summed E-state index contributed by atoms with van der Waals surface area (Å²) in [5.41, 5.74) is 3.21. The number of hydrogen-bond donors (Lipinski definition) is 1. The van der Waals surface area contributed by atoms with Crippen LogP contribution < -0.4 is 10.2 Å². The van der Waals surface area contributed by atoms with Gasteiger partial charge in [0.15, 0.2) is 0 Å². The number of carbonyl (C=O) groups is 2. The Balaban J connectivity index is 1.48. The van der Waals surface area contributed by atoms with Crippen molar-refractivity contribution in [2.75, 3.05) is 4.90 Å². The first-order valence-electron chi connectivity index (χ1n) is 10.3. The molecule has 1 aromatic heterocycles. The van der Waals surface area contributed by atoms with E-state index in [1.54, 1.807) is 42.5 Å². The number of nitrogens with zero attached hydrogens (tertiary/aromatic N) is 3. The number of nitro groups is 1. The largest absolute Gasteiger partial charge is 0.342 e. The number of aromatic nitrogens is 1. The molecule has 1 N–H and O–H groups in total. The maximum atomic E-state index is 13.0. The van der Waals surface area contributed by atoms with Crippen LogP contribution in [0.3, 0.4) is 0 Å². The number of para-hydroxylation sites is 1. The molecule has 0 spiro atoms. The van der Waals surface area contributed by atoms with E-state index in [9.17, 15) is 19.7 Å². The molecule has 8 nitrogen and oxygen atoms in total. The minimum atomic E-state index is -0.534. The van der Waals surface area contributed by atoms with Crippen molar-refractivity contribution >= 4 is 51.9 Å². The molecule has 0 atom stereocenters. The van der Waals surface area contributed by atoms with Crippen molar-refractivity contribution in [3.05, 3.63) is 111 Å². The highest BCUT2D eigenvalue weighted by Crippen LogP contribution is 2.28. The Morgan fingerprint density at radius 3 is 2.38 bits per heavy atom. The number of imide groups is 1. The second-order valence-corrected chi connectivity index (χ2v) is 8.19. The molecule has 0 unspecified atom stereocenters. The molecule has 9 heteroatoms. The molecule has 0 aliphatic carbocycles. The lowest BCUT2D eigenvalue weighted by Gasteiger charge is -2.11. The van der Waals surface area contributed by atoms with E-state index in [-0.39, 0.29) is 11.4 Å². The van der Waals surface area contributed by atoms with Gasteiger partial charge in [-0.05, 0) is 42.0 Å². The van der Waals surface area contributed by atoms with Crippen molar-refractivity contribution in [1.82, 2.24) is 9.88 Å². The molecule has 2 heterocycles. The zero-order chi connectivity index (χ0) is 23.8. The van der Waals surface area contributed by atoms with E-state index >= 15 is 0 Å². The average Bonchev–Trinajstić information content (AvgIpc) is 3.31. The fourth-order valence-electron chi connectivity index (χ4n) is 3.96. The number of amides is 3. The van der Waals surface area contributed by atoms with Crippen molar-refractivity contribution in [3.8, 4) is 0 Å². The molecule has 0 radical (unpaired) electrons. The summed E-state index contributed by atoms with van der Waals surface area (Å²) in [6.07, 6.45) is 3.55. The van der Waals surface area contributed by atoms with Gasteiger partial charge in [-0.3, -0.25) is 14.9 Å². The molecule has 1 saturated heterocycles. The summed E-state index contributed by atoms with van der Waals surface area (Å²) >= 11 is 5.92. The molecule has 34 heavy (non-hydrogen) atoms. The highest BCUT2D eigenvalue weighted by Gasteiger charge is 2.35. The van der Waals surface area contributed by atoms with Crippen LogP contribution in [-0.2, 0) is 11.3 Å². The second kappa shape index (κ2) is 8.49. The van der Waals surface area contributed by atoms with Crippen LogP contribution in [0.15, 0.2) is 84.7 Å². The van der Waals surface area contributed by atoms with E-state index in [0.717, 1.165) is 26.9 Å². The third-order valence-corrected chi connectivity index (χ3v) is 5.83. The molecular formula is C25H17ClN4O4. The van der Waals surface area contributed by atoms with Gasteiger partial charge >= 0.3 is 6.03 Å². The van der Waals surface area contributed by atoms with E-state index in [1.807, 2.05) is 35.0 Å². The number of hydrogen-bond acceptors (Lipinski definition) is 4. The fourth-order valence-corrected chi connectivity index (χ4v) is 4.08. The van der Waals surface area contributed by atoms with Gasteiger partial charge in [0.05, 0.1) is 10.6 Å². The number of halogens is 1. The molecule has 168 valence electrons. The van der Waals surface area contributed by atoms with E-state index < -0.39 is 16.9 Å². The topological polar surface area (TPSA) is 97.5 Å². The Bertz CT molecular complexity index is 1470. The average molecular weight is 473 g/mol. The van der Waals surface area contributed by atoms with Crippen molar-refractivity contribution in [1.29, 1.82) is 0 Å². The van der Waals surface area contributed by atoms with Crippen LogP contribution in [0.4, 0.5) is 16.2 Å². The fraction of sp³-hybridized carbons (Fsp3) is 0.0400. The molecular weight excluding hydrogens is 456 g/mol. The Hall–Kier alpha value is -4.43. The number of urea groups is 1. The van der Waals surface area contributed by atoms with Gasteiger partial charge in [0, 0.05) is 46.4 Å². The van der Waals surface area contributed by atoms with E-state index in [0.29, 0.717) is 17.3 Å². The molecule has 1 aliphatic rings. The predicted octanol–water partition coefficient (Wildman–Crippen LogP) is 5.35. The van der Waals surface area contributed by atoms with Gasteiger partial charge in [-0.1, -0.05) is 41.9 Å². The van der Waals surface area contributed by atoms with Crippen LogP contribution in [0, 0.1) is 10.1 Å². The quantitative estimate of drug-likeness (QED) is 0.183. The van der Waals surface area contributed by atoms with Gasteiger partial charge in [0.25, 0.3) is 11.6 Å². The first-order chi connectivity index (χ1) is 16.4. The molecule has 3 aromatic carbocycles. The lowest BCUT2D eigenvalue weighted by Crippen LogP contribution is -2.30. The maximum absolute atomic E-state index is 13.0. The number of anilines is 1. The lowest BCUT2D eigenvalue weighted by molar-refractivity contribution is -0.384. The SMILES string of the molecule is O=C1N/C(=C/c2cn(Cc3ccc([N+](=O)[O-])cc3)c3ccccc23)C(=O)N1c1ccc(Cl)cc1. The Labute approximate surface area is 198 Å². The van der Waals surface area contributed by atoms with Crippen LogP contribution in [0.1, 0.15) is 11.1 Å². The number of non-ortho nitro benzene ring substituents is 1. The lowest BCUT2D eigenvalue weighted by atomic mass is 10.1. The minimum Gasteiger partial charge on any atom is -0.342 e. The van der Waals surface area contributed by atoms with Crippen molar-refractivity contribution < 1.29 is 14.5 Å². The van der Waals surface area contributed by atoms with Crippen LogP contribution >= 0.6 is 11.6 Å². The number of fused-ring (bicyclic) bond motifs is 1. The third-order valence-electron chi connectivity index (χ3n) is 5.58. The van der Waals surface area contributed by atoms with E-state index in [1.165, 1.54) is 12.1 Å². The highest BCUT2D eigenvalue weighted by atomic mass is 35.5. The van der Waals surface area contributed by atoms with Gasteiger partial charge < -0.3 is 9.88 Å². The summed E-state index contributed by atoms with van der Waals surface area (Å²) in [5.74, 6) is -0.459. The Kier molecular flexibility index (Phi) is 5.35. The number of rotatable bonds is 5. The molecule has 3 amide bonds. The van der Waals surface area contributed by atoms with Gasteiger partial charge in [0.1, 0.15) is 5.70 Å². The molecule has 0 bridgehead atoms. The number of benzene rings is 3. The van der Waals surface area contributed by atoms with Crippen LogP contribution in [0.2, 0.25) is 5.02 Å². The highest BCUT2D eigenvalue weighted by molar-refractivity contribution is 6.31. The first-order valence-corrected chi connectivity index (χ1v) is 10.7. The van der Waals surface area contributed by atoms with E-state index in [2.05, 4.69) is 5.32 Å². The molecule has 4 aromatic rings. The van der Waals surface area contributed by atoms with Crippen LogP contribution in [0.5, 0.6) is 0 Å². The summed E-state index contributed by atoms with van der Waals surface area (Å²) in [6.45, 7) is 0.485. The summed E-state index contributed by atoms with van der Waals surface area (Å²) in [6, 6.07) is 20.0. The molecule has 5 rings (SSSR count). The number of nitrogens with one attached hydrogen (secondary N) is 1. The van der Waals surface area contributed by atoms with E-state index in [4.69, 9.17) is 11.6 Å². The normalized spacial score (nSPS) is 14.7. The zero-order valence-corrected chi connectivity index (χ0v) is 18.4. The molecule has 1 fully saturated rings. The number of carbonyl (C=O) groups excluding carboxylic acids is 2. The summed E-state index contributed by atoms with van der Waals surface area (Å²) in [7, 11) is 0. The summed E-state index contributed by atoms with van der Waals surface area (Å²) < 4.78 is 2.00. The predicted molar refractivity (Wildman–Crippen MR) is 130 cm³/mol. The first kappa shape index (κ1) is 21.4. The smallest absolute Gasteiger partial charge is 0.333 e. The van der Waals surface area contributed by atoms with Crippen molar-refractivity contribution in [2.24, 2.45) is 0 Å². The minimum absolute atomic E-state index is 0.0345. The number of nitro benzene ring substituents is 1. The summed E-state index contributed by atoms with van der Waals surface area (Å²) in [4.78, 5) is 37.1. The van der Waals surface area contributed by atoms with Gasteiger partial charge in [-0.2, -0.15) is 0 Å². The monoisotopic (exact) mass is 472 g/mol. The van der Waals surface area contributed by atoms with Gasteiger partial charge in [-0.15, -0.1) is 0 Å². The maximum Gasteiger partial charge on any atom is 0.333 e. The van der Waals surface area contributed by atoms with Gasteiger partial charge in [-0.25, -0.2) is 9.69 Å². The van der Waals surface area contributed by atoms with Crippen molar-refractivity contribution in [2.45, 2.75) is 6.54 Å². The second-order valence-electron chi connectivity index (χ2n) is 7.76. The zero-order valence-electron chi connectivity index (χ0n) is 17.6. The summed E-state index contributed by atoms with van der Waals surface area (Å²) in [5, 5.41) is 15.0. The Morgan fingerprint density at radius 1 is 0.971 bits per heavy atom. The van der Waals surface area contributed by atoms with Crippen LogP contribution in [0.25, 0.3) is 17.0 Å². The third kappa shape index (κ3) is 3.91. The van der Waals surface area contributed by atoms with Gasteiger partial charge in [0.2, 0.25) is 0 Å². The van der Waals surface area contributed by atoms with Crippen LogP contribution in [-0.4, -0.2) is 21.4 Å². The molecule has 0 saturated carbocycles. The Morgan fingerprint density at radius 2 is 1.68 bits per heavy atom.